The third-order valence-electron chi connectivity index (χ3n) is 4.84. The molecule has 0 amide bonds. The number of anilines is 2. The second-order valence-electron chi connectivity index (χ2n) is 6.67. The fraction of sp³-hybridized carbons (Fsp3) is 0.190. The number of aromatic nitrogens is 1. The van der Waals surface area contributed by atoms with Gasteiger partial charge in [0.05, 0.1) is 29.8 Å². The standard InChI is InChI=1S/C21H19F3N4/c22-21(23,24)15-6-8-16(9-7-15)28-13-27-20(25)19-17(26-11-10-18(19)28)12-14-4-2-1-3-5-14/h1-11,20,27H,12-13,25H2. The van der Waals surface area contributed by atoms with Crippen LogP contribution in [0.1, 0.15) is 28.6 Å². The molecule has 1 atom stereocenters. The summed E-state index contributed by atoms with van der Waals surface area (Å²) in [4.78, 5) is 6.43. The van der Waals surface area contributed by atoms with Crippen LogP contribution in [-0.4, -0.2) is 11.7 Å². The molecule has 4 nitrogen and oxygen atoms in total. The maximum absolute atomic E-state index is 12.9. The number of nitrogens with zero attached hydrogens (tertiary/aromatic N) is 2. The molecule has 28 heavy (non-hydrogen) atoms. The molecule has 3 N–H and O–H groups in total. The largest absolute Gasteiger partial charge is 0.416 e. The van der Waals surface area contributed by atoms with Crippen LogP contribution in [0.2, 0.25) is 0 Å². The highest BCUT2D eigenvalue weighted by Crippen LogP contribution is 2.37. The van der Waals surface area contributed by atoms with Gasteiger partial charge in [0.2, 0.25) is 0 Å². The van der Waals surface area contributed by atoms with Gasteiger partial charge in [-0.3, -0.25) is 10.3 Å². The van der Waals surface area contributed by atoms with Crippen LogP contribution >= 0.6 is 0 Å². The summed E-state index contributed by atoms with van der Waals surface area (Å²) in [5, 5.41) is 3.20. The van der Waals surface area contributed by atoms with E-state index in [1.807, 2.05) is 41.3 Å². The van der Waals surface area contributed by atoms with Gasteiger partial charge in [-0.25, -0.2) is 0 Å². The second kappa shape index (κ2) is 7.26. The maximum Gasteiger partial charge on any atom is 0.416 e. The van der Waals surface area contributed by atoms with Crippen molar-refractivity contribution >= 4 is 11.4 Å². The summed E-state index contributed by atoms with van der Waals surface area (Å²) < 4.78 is 38.6. The number of rotatable bonds is 3. The van der Waals surface area contributed by atoms with E-state index in [0.29, 0.717) is 18.8 Å². The first-order valence-corrected chi connectivity index (χ1v) is 8.89. The lowest BCUT2D eigenvalue weighted by Crippen LogP contribution is -2.43. The van der Waals surface area contributed by atoms with E-state index >= 15 is 0 Å². The predicted molar refractivity (Wildman–Crippen MR) is 102 cm³/mol. The first-order chi connectivity index (χ1) is 13.4. The van der Waals surface area contributed by atoms with Crippen molar-refractivity contribution in [3.05, 3.63) is 89.2 Å². The van der Waals surface area contributed by atoms with Crippen molar-refractivity contribution in [2.24, 2.45) is 5.73 Å². The van der Waals surface area contributed by atoms with Gasteiger partial charge in [0.1, 0.15) is 0 Å². The van der Waals surface area contributed by atoms with Crippen molar-refractivity contribution in [3.63, 3.8) is 0 Å². The molecule has 0 spiro atoms. The number of hydrogen-bond acceptors (Lipinski definition) is 4. The van der Waals surface area contributed by atoms with Gasteiger partial charge in [-0.1, -0.05) is 30.3 Å². The zero-order valence-electron chi connectivity index (χ0n) is 14.9. The summed E-state index contributed by atoms with van der Waals surface area (Å²) in [5.41, 5.74) is 9.96. The molecule has 7 heteroatoms. The third-order valence-corrected chi connectivity index (χ3v) is 4.84. The summed E-state index contributed by atoms with van der Waals surface area (Å²) in [6.07, 6.45) is -2.41. The predicted octanol–water partition coefficient (Wildman–Crippen LogP) is 4.35. The number of hydrogen-bond donors (Lipinski definition) is 2. The number of nitrogens with one attached hydrogen (secondary N) is 1. The Bertz CT molecular complexity index is 956. The summed E-state index contributed by atoms with van der Waals surface area (Å²) >= 11 is 0. The van der Waals surface area contributed by atoms with Crippen molar-refractivity contribution in [1.82, 2.24) is 10.3 Å². The van der Waals surface area contributed by atoms with Gasteiger partial charge in [0, 0.05) is 23.9 Å². The highest BCUT2D eigenvalue weighted by Gasteiger charge is 2.31. The van der Waals surface area contributed by atoms with E-state index in [0.717, 1.165) is 34.6 Å². The van der Waals surface area contributed by atoms with Crippen molar-refractivity contribution in [1.29, 1.82) is 0 Å². The van der Waals surface area contributed by atoms with E-state index in [9.17, 15) is 13.2 Å². The lowest BCUT2D eigenvalue weighted by atomic mass is 9.99. The number of benzene rings is 2. The minimum absolute atomic E-state index is 0.395. The third kappa shape index (κ3) is 3.58. The fourth-order valence-corrected chi connectivity index (χ4v) is 3.45. The molecule has 144 valence electrons. The van der Waals surface area contributed by atoms with Gasteiger partial charge >= 0.3 is 6.18 Å². The first kappa shape index (κ1) is 18.5. The van der Waals surface area contributed by atoms with Crippen LogP contribution in [0, 0.1) is 0 Å². The highest BCUT2D eigenvalue weighted by molar-refractivity contribution is 5.69. The quantitative estimate of drug-likeness (QED) is 0.705. The van der Waals surface area contributed by atoms with Gasteiger partial charge < -0.3 is 10.6 Å². The van der Waals surface area contributed by atoms with E-state index in [1.54, 1.807) is 6.20 Å². The topological polar surface area (TPSA) is 54.2 Å². The Hall–Kier alpha value is -2.90. The molecular formula is C21H19F3N4. The first-order valence-electron chi connectivity index (χ1n) is 8.89. The van der Waals surface area contributed by atoms with Gasteiger partial charge in [-0.2, -0.15) is 13.2 Å². The molecule has 1 aliphatic rings. The lowest BCUT2D eigenvalue weighted by molar-refractivity contribution is -0.137. The molecule has 0 saturated heterocycles. The average Bonchev–Trinajstić information content (AvgIpc) is 2.69. The Morgan fingerprint density at radius 3 is 2.43 bits per heavy atom. The number of fused-ring (bicyclic) bond motifs is 1. The Labute approximate surface area is 160 Å². The minimum Gasteiger partial charge on any atom is -0.328 e. The van der Waals surface area contributed by atoms with Crippen LogP contribution in [0.15, 0.2) is 66.9 Å². The van der Waals surface area contributed by atoms with Crippen LogP contribution in [0.25, 0.3) is 0 Å². The summed E-state index contributed by atoms with van der Waals surface area (Å²) in [7, 11) is 0. The Kier molecular flexibility index (Phi) is 4.78. The Balaban J connectivity index is 1.71. The zero-order chi connectivity index (χ0) is 19.7. The van der Waals surface area contributed by atoms with Gasteiger partial charge in [-0.05, 0) is 35.9 Å². The van der Waals surface area contributed by atoms with E-state index < -0.39 is 17.9 Å². The van der Waals surface area contributed by atoms with Crippen molar-refractivity contribution in [2.45, 2.75) is 18.8 Å². The normalized spacial score (nSPS) is 16.7. The zero-order valence-corrected chi connectivity index (χ0v) is 14.9. The molecule has 1 aromatic heterocycles. The SMILES string of the molecule is NC1NCN(c2ccc(C(F)(F)F)cc2)c2ccnc(Cc3ccccc3)c21. The summed E-state index contributed by atoms with van der Waals surface area (Å²) in [5.74, 6) is 0. The molecule has 0 radical (unpaired) electrons. The van der Waals surface area contributed by atoms with E-state index in [4.69, 9.17) is 5.73 Å². The van der Waals surface area contributed by atoms with E-state index in [1.165, 1.54) is 12.1 Å². The van der Waals surface area contributed by atoms with E-state index in [-0.39, 0.29) is 0 Å². The number of nitrogens with two attached hydrogens (primary N) is 1. The average molecular weight is 384 g/mol. The molecule has 0 saturated carbocycles. The lowest BCUT2D eigenvalue weighted by Gasteiger charge is -2.36. The minimum atomic E-state index is -4.36. The molecule has 2 aromatic carbocycles. The highest BCUT2D eigenvalue weighted by atomic mass is 19.4. The maximum atomic E-state index is 12.9. The molecule has 4 rings (SSSR count). The number of pyridine rings is 1. The van der Waals surface area contributed by atoms with Crippen LogP contribution < -0.4 is 16.0 Å². The van der Waals surface area contributed by atoms with Crippen molar-refractivity contribution in [2.75, 3.05) is 11.6 Å². The van der Waals surface area contributed by atoms with Crippen LogP contribution in [0.3, 0.4) is 0 Å². The Morgan fingerprint density at radius 1 is 1.04 bits per heavy atom. The second-order valence-corrected chi connectivity index (χ2v) is 6.67. The van der Waals surface area contributed by atoms with Crippen molar-refractivity contribution in [3.8, 4) is 0 Å². The Morgan fingerprint density at radius 2 is 1.75 bits per heavy atom. The van der Waals surface area contributed by atoms with Crippen LogP contribution in [0.5, 0.6) is 0 Å². The molecule has 0 fully saturated rings. The smallest absolute Gasteiger partial charge is 0.328 e. The molecule has 1 aliphatic heterocycles. The van der Waals surface area contributed by atoms with Gasteiger partial charge in [0.25, 0.3) is 0 Å². The van der Waals surface area contributed by atoms with Gasteiger partial charge in [-0.15, -0.1) is 0 Å². The molecule has 0 aliphatic carbocycles. The monoisotopic (exact) mass is 384 g/mol. The van der Waals surface area contributed by atoms with Crippen LogP contribution in [-0.2, 0) is 12.6 Å². The molecular weight excluding hydrogens is 365 g/mol. The molecule has 3 aromatic rings. The fourth-order valence-electron chi connectivity index (χ4n) is 3.45. The van der Waals surface area contributed by atoms with Crippen LogP contribution in [0.4, 0.5) is 24.5 Å². The van der Waals surface area contributed by atoms with E-state index in [2.05, 4.69) is 10.3 Å². The summed E-state index contributed by atoms with van der Waals surface area (Å²) in [6, 6.07) is 16.9. The number of alkyl halides is 3. The summed E-state index contributed by atoms with van der Waals surface area (Å²) in [6.45, 7) is 0.397. The number of halogens is 3. The molecule has 2 heterocycles. The molecule has 0 bridgehead atoms. The van der Waals surface area contributed by atoms with Crippen molar-refractivity contribution < 1.29 is 13.2 Å². The van der Waals surface area contributed by atoms with Gasteiger partial charge in [0.15, 0.2) is 0 Å². The molecule has 1 unspecified atom stereocenters.